The van der Waals surface area contributed by atoms with Gasteiger partial charge in [0.2, 0.25) is 0 Å². The lowest BCUT2D eigenvalue weighted by molar-refractivity contribution is 0.0674. The van der Waals surface area contributed by atoms with E-state index in [1.54, 1.807) is 11.3 Å². The van der Waals surface area contributed by atoms with Crippen LogP contribution in [0, 0.1) is 12.8 Å². The molecule has 0 spiro atoms. The molecule has 0 bridgehead atoms. The number of hydrogen-bond acceptors (Lipinski definition) is 3. The molecule has 2 aromatic heterocycles. The van der Waals surface area contributed by atoms with Gasteiger partial charge in [0.15, 0.2) is 0 Å². The highest BCUT2D eigenvalue weighted by molar-refractivity contribution is 7.09. The summed E-state index contributed by atoms with van der Waals surface area (Å²) in [4.78, 5) is 22.1. The van der Waals surface area contributed by atoms with Crippen LogP contribution in [0.2, 0.25) is 0 Å². The summed E-state index contributed by atoms with van der Waals surface area (Å²) in [5.41, 5.74) is 2.58. The number of aromatic nitrogens is 2. The molecule has 1 aliphatic carbocycles. The molecule has 1 fully saturated rings. The Labute approximate surface area is 135 Å². The first-order valence-electron chi connectivity index (χ1n) is 7.92. The van der Waals surface area contributed by atoms with E-state index in [1.807, 2.05) is 36.5 Å². The van der Waals surface area contributed by atoms with Gasteiger partial charge < -0.3 is 9.88 Å². The predicted molar refractivity (Wildman–Crippen MR) is 90.2 cm³/mol. The molecule has 3 rings (SSSR count). The second-order valence-electron chi connectivity index (χ2n) is 6.38. The molecule has 5 heteroatoms. The van der Waals surface area contributed by atoms with Crippen molar-refractivity contribution in [1.29, 1.82) is 0 Å². The lowest BCUT2D eigenvalue weighted by Gasteiger charge is -2.33. The fourth-order valence-corrected chi connectivity index (χ4v) is 3.77. The van der Waals surface area contributed by atoms with Gasteiger partial charge in [-0.1, -0.05) is 6.92 Å². The van der Waals surface area contributed by atoms with Gasteiger partial charge in [-0.15, -0.1) is 11.3 Å². The number of hydrogen-bond donors (Lipinski definition) is 1. The third-order valence-electron chi connectivity index (χ3n) is 4.68. The van der Waals surface area contributed by atoms with Crippen LogP contribution in [0.5, 0.6) is 0 Å². The minimum atomic E-state index is 0.0813. The second kappa shape index (κ2) is 6.24. The lowest BCUT2D eigenvalue weighted by Crippen LogP contribution is -2.39. The van der Waals surface area contributed by atoms with E-state index in [1.165, 1.54) is 12.8 Å². The van der Waals surface area contributed by atoms with Crippen molar-refractivity contribution in [1.82, 2.24) is 14.9 Å². The minimum Gasteiger partial charge on any atom is -0.357 e. The highest BCUT2D eigenvalue weighted by atomic mass is 32.1. The average Bonchev–Trinajstić information content (AvgIpc) is 3.15. The van der Waals surface area contributed by atoms with Crippen LogP contribution < -0.4 is 0 Å². The molecule has 0 radical (unpaired) electrons. The molecule has 4 nitrogen and oxygen atoms in total. The topological polar surface area (TPSA) is 49.0 Å². The van der Waals surface area contributed by atoms with Crippen molar-refractivity contribution >= 4 is 17.2 Å². The Hall–Kier alpha value is -1.62. The van der Waals surface area contributed by atoms with E-state index in [-0.39, 0.29) is 5.91 Å². The van der Waals surface area contributed by atoms with Crippen molar-refractivity contribution in [2.45, 2.75) is 45.6 Å². The monoisotopic (exact) mass is 317 g/mol. The number of carbonyl (C=O) groups is 1. The van der Waals surface area contributed by atoms with Gasteiger partial charge in [0.25, 0.3) is 5.91 Å². The highest BCUT2D eigenvalue weighted by Crippen LogP contribution is 2.28. The summed E-state index contributed by atoms with van der Waals surface area (Å²) < 4.78 is 0. The fraction of sp³-hybridized carbons (Fsp3) is 0.529. The van der Waals surface area contributed by atoms with Gasteiger partial charge in [-0.25, -0.2) is 4.98 Å². The second-order valence-corrected chi connectivity index (χ2v) is 7.45. The Morgan fingerprint density at radius 2 is 2.09 bits per heavy atom. The smallest absolute Gasteiger partial charge is 0.270 e. The molecule has 0 aliphatic heterocycles. The molecule has 2 aromatic rings. The standard InChI is InChI=1S/C17H23N3OS/c1-11-4-6-14(7-5-11)20(3)17(21)15-8-13(9-18-15)16-10-22-12(2)19-16/h8-11,14,18H,4-7H2,1-3H3. The first-order chi connectivity index (χ1) is 10.5. The maximum Gasteiger partial charge on any atom is 0.270 e. The van der Waals surface area contributed by atoms with Crippen LogP contribution in [0.3, 0.4) is 0 Å². The molecular formula is C17H23N3OS. The Balaban J connectivity index is 1.71. The zero-order valence-electron chi connectivity index (χ0n) is 13.4. The van der Waals surface area contributed by atoms with Gasteiger partial charge in [0.05, 0.1) is 10.7 Å². The summed E-state index contributed by atoms with van der Waals surface area (Å²) in [6, 6.07) is 2.29. The molecule has 118 valence electrons. The van der Waals surface area contributed by atoms with E-state index in [2.05, 4.69) is 16.9 Å². The quantitative estimate of drug-likeness (QED) is 0.926. The first kappa shape index (κ1) is 15.3. The van der Waals surface area contributed by atoms with E-state index < -0.39 is 0 Å². The molecule has 1 saturated carbocycles. The maximum atomic E-state index is 12.7. The Morgan fingerprint density at radius 3 is 2.73 bits per heavy atom. The highest BCUT2D eigenvalue weighted by Gasteiger charge is 2.26. The van der Waals surface area contributed by atoms with Crippen molar-refractivity contribution in [3.05, 3.63) is 28.3 Å². The summed E-state index contributed by atoms with van der Waals surface area (Å²) in [5, 5.41) is 3.07. The van der Waals surface area contributed by atoms with E-state index in [4.69, 9.17) is 0 Å². The Kier molecular flexibility index (Phi) is 4.34. The summed E-state index contributed by atoms with van der Waals surface area (Å²) >= 11 is 1.63. The van der Waals surface area contributed by atoms with Crippen molar-refractivity contribution in [2.75, 3.05) is 7.05 Å². The normalized spacial score (nSPS) is 21.8. The fourth-order valence-electron chi connectivity index (χ4n) is 3.15. The number of rotatable bonds is 3. The predicted octanol–water partition coefficient (Wildman–Crippen LogP) is 4.10. The van der Waals surface area contributed by atoms with Crippen molar-refractivity contribution in [3.8, 4) is 11.3 Å². The van der Waals surface area contributed by atoms with Crippen LogP contribution >= 0.6 is 11.3 Å². The van der Waals surface area contributed by atoms with Crippen LogP contribution in [0.15, 0.2) is 17.6 Å². The minimum absolute atomic E-state index is 0.0813. The third-order valence-corrected chi connectivity index (χ3v) is 5.46. The number of aryl methyl sites for hydroxylation is 1. The zero-order chi connectivity index (χ0) is 15.7. The third kappa shape index (κ3) is 3.09. The molecule has 0 atom stereocenters. The van der Waals surface area contributed by atoms with Crippen LogP contribution in [0.4, 0.5) is 0 Å². The van der Waals surface area contributed by atoms with Crippen LogP contribution in [0.25, 0.3) is 11.3 Å². The molecule has 2 heterocycles. The van der Waals surface area contributed by atoms with E-state index >= 15 is 0 Å². The number of carbonyl (C=O) groups excluding carboxylic acids is 1. The Morgan fingerprint density at radius 1 is 1.36 bits per heavy atom. The summed E-state index contributed by atoms with van der Waals surface area (Å²) in [7, 11) is 1.93. The molecule has 1 aliphatic rings. The number of amides is 1. The number of thiazole rings is 1. The maximum absolute atomic E-state index is 12.7. The lowest BCUT2D eigenvalue weighted by atomic mass is 9.86. The molecule has 1 amide bonds. The van der Waals surface area contributed by atoms with Crippen LogP contribution in [-0.4, -0.2) is 33.9 Å². The molecule has 0 aromatic carbocycles. The number of H-pyrrole nitrogens is 1. The SMILES string of the molecule is Cc1nc(-c2c[nH]c(C(=O)N(C)C3CCC(C)CC3)c2)cs1. The van der Waals surface area contributed by atoms with Crippen LogP contribution in [0.1, 0.15) is 48.1 Å². The van der Waals surface area contributed by atoms with Gasteiger partial charge in [0, 0.05) is 30.2 Å². The van der Waals surface area contributed by atoms with Gasteiger partial charge >= 0.3 is 0 Å². The molecular weight excluding hydrogens is 294 g/mol. The van der Waals surface area contributed by atoms with Crippen molar-refractivity contribution < 1.29 is 4.79 Å². The molecule has 1 N–H and O–H groups in total. The van der Waals surface area contributed by atoms with Gasteiger partial charge in [-0.2, -0.15) is 0 Å². The largest absolute Gasteiger partial charge is 0.357 e. The zero-order valence-corrected chi connectivity index (χ0v) is 14.2. The summed E-state index contributed by atoms with van der Waals surface area (Å²) in [6.07, 6.45) is 6.54. The molecule has 0 saturated heterocycles. The van der Waals surface area contributed by atoms with E-state index in [0.717, 1.165) is 35.0 Å². The first-order valence-corrected chi connectivity index (χ1v) is 8.80. The number of aromatic amines is 1. The summed E-state index contributed by atoms with van der Waals surface area (Å²) in [6.45, 7) is 4.29. The van der Waals surface area contributed by atoms with E-state index in [0.29, 0.717) is 11.7 Å². The molecule has 22 heavy (non-hydrogen) atoms. The van der Waals surface area contributed by atoms with Crippen molar-refractivity contribution in [3.63, 3.8) is 0 Å². The van der Waals surface area contributed by atoms with Gasteiger partial charge in [-0.05, 0) is 44.6 Å². The van der Waals surface area contributed by atoms with Gasteiger partial charge in [0.1, 0.15) is 5.69 Å². The number of nitrogens with zero attached hydrogens (tertiary/aromatic N) is 2. The van der Waals surface area contributed by atoms with E-state index in [9.17, 15) is 4.79 Å². The summed E-state index contributed by atoms with van der Waals surface area (Å²) in [5.74, 6) is 0.877. The Bertz CT molecular complexity index is 652. The number of nitrogens with one attached hydrogen (secondary N) is 1. The van der Waals surface area contributed by atoms with Crippen LogP contribution in [-0.2, 0) is 0 Å². The van der Waals surface area contributed by atoms with Crippen molar-refractivity contribution in [2.24, 2.45) is 5.92 Å². The average molecular weight is 317 g/mol. The molecule has 0 unspecified atom stereocenters. The van der Waals surface area contributed by atoms with Gasteiger partial charge in [-0.3, -0.25) is 4.79 Å².